The fourth-order valence-corrected chi connectivity index (χ4v) is 3.71. The predicted molar refractivity (Wildman–Crippen MR) is 97.1 cm³/mol. The summed E-state index contributed by atoms with van der Waals surface area (Å²) in [6, 6.07) is 8.17. The molecule has 2 N–H and O–H groups in total. The van der Waals surface area contributed by atoms with Crippen molar-refractivity contribution in [3.63, 3.8) is 0 Å². The summed E-state index contributed by atoms with van der Waals surface area (Å²) in [6.07, 6.45) is 2.02. The van der Waals surface area contributed by atoms with E-state index in [1.807, 2.05) is 18.2 Å². The highest BCUT2D eigenvalue weighted by molar-refractivity contribution is 7.18. The summed E-state index contributed by atoms with van der Waals surface area (Å²) in [5, 5.41) is 16.4. The Kier molecular flexibility index (Phi) is 4.46. The van der Waals surface area contributed by atoms with Crippen LogP contribution >= 0.6 is 11.3 Å². The van der Waals surface area contributed by atoms with Gasteiger partial charge in [0.05, 0.1) is 27.8 Å². The van der Waals surface area contributed by atoms with Gasteiger partial charge in [-0.25, -0.2) is 4.98 Å². The maximum Gasteiger partial charge on any atom is 0.240 e. The van der Waals surface area contributed by atoms with Gasteiger partial charge in [-0.3, -0.25) is 4.79 Å². The topological polar surface area (TPSA) is 77.8 Å². The van der Waals surface area contributed by atoms with Crippen LogP contribution in [0, 0.1) is 17.2 Å². The third kappa shape index (κ3) is 3.51. The average molecular weight is 342 g/mol. The molecule has 1 aromatic heterocycles. The Labute approximate surface area is 146 Å². The highest BCUT2D eigenvalue weighted by Crippen LogP contribution is 2.39. The minimum absolute atomic E-state index is 0.154. The van der Waals surface area contributed by atoms with Crippen molar-refractivity contribution in [3.05, 3.63) is 23.2 Å². The van der Waals surface area contributed by atoms with E-state index in [9.17, 15) is 10.1 Å². The van der Waals surface area contributed by atoms with Crippen LogP contribution in [0.15, 0.2) is 18.2 Å². The number of thiazole rings is 1. The molecule has 0 radical (unpaired) electrons. The van der Waals surface area contributed by atoms with E-state index in [0.717, 1.165) is 33.8 Å². The second-order valence-corrected chi connectivity index (χ2v) is 7.94. The molecular formula is C18H22N4OS. The lowest BCUT2D eigenvalue weighted by Gasteiger charge is -2.23. The van der Waals surface area contributed by atoms with E-state index in [4.69, 9.17) is 0 Å². The number of carbonyl (C=O) groups is 1. The minimum atomic E-state index is -0.743. The van der Waals surface area contributed by atoms with Gasteiger partial charge in [-0.05, 0) is 43.9 Å². The summed E-state index contributed by atoms with van der Waals surface area (Å²) < 4.78 is 1.11. The average Bonchev–Trinajstić information content (AvgIpc) is 3.32. The fourth-order valence-electron chi connectivity index (χ4n) is 2.70. The Bertz CT molecular complexity index is 803. The van der Waals surface area contributed by atoms with Crippen LogP contribution < -0.4 is 10.6 Å². The lowest BCUT2D eigenvalue weighted by atomic mass is 9.98. The molecule has 0 spiro atoms. The van der Waals surface area contributed by atoms with Gasteiger partial charge in [-0.1, -0.05) is 13.8 Å². The molecule has 2 aromatic rings. The largest absolute Gasteiger partial charge is 0.376 e. The molecule has 1 heterocycles. The van der Waals surface area contributed by atoms with Gasteiger partial charge in [0.15, 0.2) is 0 Å². The van der Waals surface area contributed by atoms with E-state index in [2.05, 4.69) is 35.5 Å². The monoisotopic (exact) mass is 342 g/mol. The lowest BCUT2D eigenvalue weighted by Crippen LogP contribution is -2.48. The van der Waals surface area contributed by atoms with Crippen LogP contribution in [-0.2, 0) is 4.79 Å². The van der Waals surface area contributed by atoms with Gasteiger partial charge in [0.1, 0.15) is 5.54 Å². The first kappa shape index (κ1) is 16.7. The number of hydrogen-bond donors (Lipinski definition) is 2. The Morgan fingerprint density at radius 2 is 2.25 bits per heavy atom. The molecule has 0 saturated heterocycles. The summed E-state index contributed by atoms with van der Waals surface area (Å²) in [6.45, 7) is 6.23. The first-order valence-corrected chi connectivity index (χ1v) is 9.09. The first-order chi connectivity index (χ1) is 11.4. The molecule has 0 aliphatic heterocycles. The third-order valence-electron chi connectivity index (χ3n) is 4.38. The maximum atomic E-state index is 12.1. The molecule has 1 amide bonds. The summed E-state index contributed by atoms with van der Waals surface area (Å²) in [4.78, 5) is 16.8. The highest BCUT2D eigenvalue weighted by atomic mass is 32.1. The smallest absolute Gasteiger partial charge is 0.240 e. The number of rotatable bonds is 6. The molecule has 0 bridgehead atoms. The molecule has 1 aliphatic carbocycles. The molecule has 6 heteroatoms. The van der Waals surface area contributed by atoms with Crippen molar-refractivity contribution in [2.45, 2.75) is 45.1 Å². The lowest BCUT2D eigenvalue weighted by molar-refractivity contribution is -0.120. The zero-order valence-corrected chi connectivity index (χ0v) is 15.0. The minimum Gasteiger partial charge on any atom is -0.376 e. The van der Waals surface area contributed by atoms with E-state index in [0.29, 0.717) is 5.92 Å². The zero-order chi connectivity index (χ0) is 17.3. The van der Waals surface area contributed by atoms with Gasteiger partial charge >= 0.3 is 0 Å². The summed E-state index contributed by atoms with van der Waals surface area (Å²) in [7, 11) is 0. The number of amides is 1. The molecule has 24 heavy (non-hydrogen) atoms. The molecule has 1 atom stereocenters. The van der Waals surface area contributed by atoms with Gasteiger partial charge in [0.25, 0.3) is 0 Å². The molecule has 5 nitrogen and oxygen atoms in total. The molecular weight excluding hydrogens is 320 g/mol. The van der Waals surface area contributed by atoms with Crippen LogP contribution in [0.1, 0.15) is 44.5 Å². The van der Waals surface area contributed by atoms with Gasteiger partial charge in [0, 0.05) is 11.6 Å². The van der Waals surface area contributed by atoms with Crippen molar-refractivity contribution in [1.29, 1.82) is 5.26 Å². The van der Waals surface area contributed by atoms with Crippen LogP contribution in [-0.4, -0.2) is 23.0 Å². The number of fused-ring (bicyclic) bond motifs is 1. The van der Waals surface area contributed by atoms with Gasteiger partial charge < -0.3 is 10.6 Å². The summed E-state index contributed by atoms with van der Waals surface area (Å²) >= 11 is 1.68. The van der Waals surface area contributed by atoms with Crippen molar-refractivity contribution in [2.75, 3.05) is 11.9 Å². The van der Waals surface area contributed by atoms with E-state index in [-0.39, 0.29) is 18.4 Å². The molecule has 1 aromatic carbocycles. The predicted octanol–water partition coefficient (Wildman–Crippen LogP) is 3.64. The number of benzene rings is 1. The van der Waals surface area contributed by atoms with Crippen LogP contribution in [0.5, 0.6) is 0 Å². The fraction of sp³-hybridized carbons (Fsp3) is 0.500. The molecule has 3 rings (SSSR count). The second kappa shape index (κ2) is 6.40. The second-order valence-electron chi connectivity index (χ2n) is 6.88. The normalized spacial score (nSPS) is 16.6. The van der Waals surface area contributed by atoms with Crippen LogP contribution in [0.3, 0.4) is 0 Å². The van der Waals surface area contributed by atoms with Crippen LogP contribution in [0.4, 0.5) is 5.69 Å². The number of carbonyl (C=O) groups excluding carboxylic acids is 1. The SMILES string of the molecule is CC(C)c1nc2ccc(NCC(=O)NC(C)(C#N)C3CC3)cc2s1. The molecule has 1 aliphatic rings. The van der Waals surface area contributed by atoms with E-state index in [1.54, 1.807) is 18.3 Å². The van der Waals surface area contributed by atoms with Crippen molar-refractivity contribution >= 4 is 33.1 Å². The summed E-state index contributed by atoms with van der Waals surface area (Å²) in [5.74, 6) is 0.545. The molecule has 1 fully saturated rings. The van der Waals surface area contributed by atoms with Crippen molar-refractivity contribution in [2.24, 2.45) is 5.92 Å². The standard InChI is InChI=1S/C18H22N4OS/c1-11(2)17-21-14-7-6-13(8-15(14)24-17)20-9-16(23)22-18(3,10-19)12-4-5-12/h6-8,11-12,20H,4-5,9H2,1-3H3,(H,22,23). The molecule has 1 saturated carbocycles. The number of nitrogens with zero attached hydrogens (tertiary/aromatic N) is 2. The van der Waals surface area contributed by atoms with E-state index >= 15 is 0 Å². The van der Waals surface area contributed by atoms with Gasteiger partial charge in [-0.15, -0.1) is 11.3 Å². The van der Waals surface area contributed by atoms with Gasteiger partial charge in [0.2, 0.25) is 5.91 Å². The van der Waals surface area contributed by atoms with E-state index in [1.165, 1.54) is 0 Å². The quantitative estimate of drug-likeness (QED) is 0.840. The Morgan fingerprint density at radius 3 is 2.88 bits per heavy atom. The molecule has 1 unspecified atom stereocenters. The Hall–Kier alpha value is -2.13. The van der Waals surface area contributed by atoms with Crippen molar-refractivity contribution in [1.82, 2.24) is 10.3 Å². The summed E-state index contributed by atoms with van der Waals surface area (Å²) in [5.41, 5.74) is 1.14. The van der Waals surface area contributed by atoms with Crippen molar-refractivity contribution < 1.29 is 4.79 Å². The Balaban J connectivity index is 1.62. The zero-order valence-electron chi connectivity index (χ0n) is 14.2. The highest BCUT2D eigenvalue weighted by Gasteiger charge is 2.42. The number of nitrogens with one attached hydrogen (secondary N) is 2. The maximum absolute atomic E-state index is 12.1. The number of aromatic nitrogens is 1. The third-order valence-corrected chi connectivity index (χ3v) is 5.70. The molecule has 126 valence electrons. The number of hydrogen-bond acceptors (Lipinski definition) is 5. The van der Waals surface area contributed by atoms with Gasteiger partial charge in [-0.2, -0.15) is 5.26 Å². The van der Waals surface area contributed by atoms with E-state index < -0.39 is 5.54 Å². The number of anilines is 1. The first-order valence-electron chi connectivity index (χ1n) is 8.28. The van der Waals surface area contributed by atoms with Crippen LogP contribution in [0.2, 0.25) is 0 Å². The van der Waals surface area contributed by atoms with Crippen molar-refractivity contribution in [3.8, 4) is 6.07 Å². The van der Waals surface area contributed by atoms with Crippen LogP contribution in [0.25, 0.3) is 10.2 Å². The Morgan fingerprint density at radius 1 is 1.50 bits per heavy atom. The number of nitriles is 1.